The van der Waals surface area contributed by atoms with Crippen LogP contribution in [-0.4, -0.2) is 53.1 Å². The maximum absolute atomic E-state index is 4.63. The highest BCUT2D eigenvalue weighted by molar-refractivity contribution is 7.21. The molecule has 30 heavy (non-hydrogen) atoms. The minimum Gasteiger partial charge on any atom is -0.353 e. The van der Waals surface area contributed by atoms with E-state index in [9.17, 15) is 0 Å². The Labute approximate surface area is 181 Å². The first-order valence-electron chi connectivity index (χ1n) is 10.3. The number of rotatable bonds is 8. The summed E-state index contributed by atoms with van der Waals surface area (Å²) < 4.78 is 0. The summed E-state index contributed by atoms with van der Waals surface area (Å²) in [6.45, 7) is 11.3. The molecule has 0 saturated carbocycles. The van der Waals surface area contributed by atoms with Crippen LogP contribution in [-0.2, 0) is 0 Å². The second-order valence-corrected chi connectivity index (χ2v) is 9.33. The smallest absolute Gasteiger partial charge is 0.233 e. The average molecular weight is 429 g/mol. The van der Waals surface area contributed by atoms with Crippen LogP contribution in [0, 0.1) is 12.3 Å². The van der Waals surface area contributed by atoms with Gasteiger partial charge in [0.2, 0.25) is 17.8 Å². The van der Waals surface area contributed by atoms with Crippen molar-refractivity contribution in [3.63, 3.8) is 0 Å². The van der Waals surface area contributed by atoms with Crippen LogP contribution in [0.5, 0.6) is 0 Å². The van der Waals surface area contributed by atoms with Gasteiger partial charge in [0.15, 0.2) is 0 Å². The van der Waals surface area contributed by atoms with Crippen LogP contribution in [0.4, 0.5) is 23.5 Å². The van der Waals surface area contributed by atoms with Crippen molar-refractivity contribution in [3.8, 4) is 0 Å². The number of hydrogen-bond donors (Lipinski definition) is 5. The molecule has 1 saturated heterocycles. The zero-order chi connectivity index (χ0) is 21.7. The lowest BCUT2D eigenvalue weighted by Gasteiger charge is -2.20. The standard InChI is InChI=1S/C21H33N8P/c1-13-6-7-14(17(30)22-5)10-16(13)26-20-28-18(24-12-21(2,3)4)27-19(29-20)25-15-8-9-23-11-15/h6-7,10,15,22-23,30H,8-9,11-12H2,1-5H3,(H3,24,25,26,27,28,29)/t15-/m0/s1. The molecule has 1 aliphatic rings. The monoisotopic (exact) mass is 428 g/mol. The molecule has 2 aromatic rings. The molecule has 1 aromatic heterocycles. The van der Waals surface area contributed by atoms with Crippen molar-refractivity contribution in [2.24, 2.45) is 5.41 Å². The van der Waals surface area contributed by atoms with Gasteiger partial charge in [-0.05, 0) is 49.5 Å². The lowest BCUT2D eigenvalue weighted by atomic mass is 9.97. The molecule has 9 heteroatoms. The second-order valence-electron chi connectivity index (χ2n) is 8.83. The van der Waals surface area contributed by atoms with Gasteiger partial charge in [0.05, 0.1) is 0 Å². The van der Waals surface area contributed by atoms with Gasteiger partial charge in [0.25, 0.3) is 0 Å². The topological polar surface area (TPSA) is 98.8 Å². The van der Waals surface area contributed by atoms with Gasteiger partial charge in [-0.25, -0.2) is 0 Å². The van der Waals surface area contributed by atoms with Gasteiger partial charge in [0.1, 0.15) is 0 Å². The molecular formula is C21H33N8P. The van der Waals surface area contributed by atoms with Gasteiger partial charge in [-0.1, -0.05) is 32.9 Å². The third-order valence-electron chi connectivity index (χ3n) is 4.83. The summed E-state index contributed by atoms with van der Waals surface area (Å²) in [5.74, 6) is 1.65. The second kappa shape index (κ2) is 9.69. The minimum absolute atomic E-state index is 0.114. The molecule has 3 rings (SSSR count). The van der Waals surface area contributed by atoms with E-state index in [1.165, 1.54) is 0 Å². The molecular weight excluding hydrogens is 395 g/mol. The Hall–Kier alpha value is -2.28. The number of benzene rings is 1. The third kappa shape index (κ3) is 6.36. The Morgan fingerprint density at radius 2 is 1.90 bits per heavy atom. The first-order chi connectivity index (χ1) is 14.2. The number of hydrogen-bond acceptors (Lipinski definition) is 7. The summed E-state index contributed by atoms with van der Waals surface area (Å²) >= 11 is 0. The van der Waals surface area contributed by atoms with Crippen molar-refractivity contribution in [1.82, 2.24) is 25.6 Å². The Morgan fingerprint density at radius 3 is 2.57 bits per heavy atom. The van der Waals surface area contributed by atoms with Crippen LogP contribution < -0.4 is 26.6 Å². The molecule has 1 aromatic carbocycles. The first-order valence-corrected chi connectivity index (χ1v) is 10.8. The third-order valence-corrected chi connectivity index (χ3v) is 5.37. The SMILES string of the molecule is CNC(=P)c1ccc(C)c(Nc2nc(NCC(C)(C)C)nc(N[C@H]3CCNC3)n2)c1. The lowest BCUT2D eigenvalue weighted by molar-refractivity contribution is 0.442. The number of nitrogens with zero attached hydrogens (tertiary/aromatic N) is 3. The van der Waals surface area contributed by atoms with Gasteiger partial charge in [-0.15, -0.1) is 8.86 Å². The largest absolute Gasteiger partial charge is 0.353 e. The molecule has 162 valence electrons. The quantitative estimate of drug-likeness (QED) is 0.410. The molecule has 0 radical (unpaired) electrons. The zero-order valence-corrected chi connectivity index (χ0v) is 19.5. The van der Waals surface area contributed by atoms with E-state index in [0.29, 0.717) is 23.9 Å². The van der Waals surface area contributed by atoms with Crippen molar-refractivity contribution in [2.75, 3.05) is 42.6 Å². The fourth-order valence-electron chi connectivity index (χ4n) is 3.06. The Bertz CT molecular complexity index is 887. The maximum atomic E-state index is 4.63. The summed E-state index contributed by atoms with van der Waals surface area (Å²) in [5, 5.41) is 16.6. The van der Waals surface area contributed by atoms with E-state index in [4.69, 9.17) is 0 Å². The van der Waals surface area contributed by atoms with E-state index in [1.807, 2.05) is 7.05 Å². The Balaban J connectivity index is 1.87. The maximum Gasteiger partial charge on any atom is 0.233 e. The molecule has 0 spiro atoms. The van der Waals surface area contributed by atoms with Gasteiger partial charge in [0, 0.05) is 30.2 Å². The lowest BCUT2D eigenvalue weighted by Crippen LogP contribution is -2.25. The van der Waals surface area contributed by atoms with Crippen molar-refractivity contribution in [1.29, 1.82) is 0 Å². The molecule has 1 atom stereocenters. The van der Waals surface area contributed by atoms with E-state index >= 15 is 0 Å². The van der Waals surface area contributed by atoms with Gasteiger partial charge in [-0.3, -0.25) is 5.32 Å². The summed E-state index contributed by atoms with van der Waals surface area (Å²) in [5.41, 5.74) is 4.12. The van der Waals surface area contributed by atoms with Crippen molar-refractivity contribution < 1.29 is 0 Å². The highest BCUT2D eigenvalue weighted by Crippen LogP contribution is 2.23. The van der Waals surface area contributed by atoms with Gasteiger partial charge in [-0.2, -0.15) is 15.0 Å². The van der Waals surface area contributed by atoms with Crippen LogP contribution in [0.25, 0.3) is 0 Å². The molecule has 5 N–H and O–H groups in total. The molecule has 0 bridgehead atoms. The Morgan fingerprint density at radius 1 is 1.17 bits per heavy atom. The average Bonchev–Trinajstić information content (AvgIpc) is 3.20. The number of aryl methyl sites for hydroxylation is 1. The van der Waals surface area contributed by atoms with E-state index in [1.54, 1.807) is 0 Å². The molecule has 0 aliphatic carbocycles. The summed E-state index contributed by atoms with van der Waals surface area (Å²) in [6, 6.07) is 6.51. The summed E-state index contributed by atoms with van der Waals surface area (Å²) in [4.78, 5) is 13.8. The van der Waals surface area contributed by atoms with Gasteiger partial charge >= 0.3 is 0 Å². The van der Waals surface area contributed by atoms with Crippen molar-refractivity contribution >= 4 is 37.8 Å². The van der Waals surface area contributed by atoms with Crippen LogP contribution in [0.1, 0.15) is 38.3 Å². The molecule has 1 aliphatic heterocycles. The molecule has 2 heterocycles. The first kappa shape index (κ1) is 22.4. The van der Waals surface area contributed by atoms with Gasteiger partial charge < -0.3 is 21.3 Å². The molecule has 1 fully saturated rings. The zero-order valence-electron chi connectivity index (χ0n) is 18.5. The number of anilines is 4. The Kier molecular flexibility index (Phi) is 7.23. The molecule has 8 nitrogen and oxygen atoms in total. The minimum atomic E-state index is 0.114. The highest BCUT2D eigenvalue weighted by Gasteiger charge is 2.18. The fraction of sp³-hybridized carbons (Fsp3) is 0.524. The summed E-state index contributed by atoms with van der Waals surface area (Å²) in [7, 11) is 5.49. The fourth-order valence-corrected chi connectivity index (χ4v) is 3.21. The normalized spacial score (nSPS) is 16.4. The van der Waals surface area contributed by atoms with E-state index in [-0.39, 0.29) is 5.41 Å². The predicted octanol–water partition coefficient (Wildman–Crippen LogP) is 3.00. The van der Waals surface area contributed by atoms with Crippen LogP contribution in [0.2, 0.25) is 0 Å². The molecule has 0 amide bonds. The van der Waals surface area contributed by atoms with Crippen LogP contribution >= 0.6 is 8.86 Å². The predicted molar refractivity (Wildman–Crippen MR) is 129 cm³/mol. The highest BCUT2D eigenvalue weighted by atomic mass is 31.0. The molecule has 0 unspecified atom stereocenters. The number of aromatic nitrogens is 3. The van der Waals surface area contributed by atoms with Crippen molar-refractivity contribution in [2.45, 2.75) is 40.2 Å². The van der Waals surface area contributed by atoms with Crippen LogP contribution in [0.3, 0.4) is 0 Å². The van der Waals surface area contributed by atoms with E-state index in [0.717, 1.165) is 48.3 Å². The van der Waals surface area contributed by atoms with E-state index in [2.05, 4.69) is 96.3 Å². The van der Waals surface area contributed by atoms with Crippen LogP contribution in [0.15, 0.2) is 18.2 Å². The van der Waals surface area contributed by atoms with Crippen molar-refractivity contribution in [3.05, 3.63) is 29.3 Å². The van der Waals surface area contributed by atoms with E-state index < -0.39 is 0 Å². The summed E-state index contributed by atoms with van der Waals surface area (Å²) in [6.07, 6.45) is 1.05. The number of nitrogens with one attached hydrogen (secondary N) is 5.